The average Bonchev–Trinajstić information content (AvgIpc) is 2.86. The van der Waals surface area contributed by atoms with Crippen molar-refractivity contribution in [2.45, 2.75) is 11.8 Å². The first-order valence-corrected chi connectivity index (χ1v) is 14.1. The molecular weight excluding hydrogens is 597 g/mol. The first-order valence-electron chi connectivity index (χ1n) is 11.1. The number of nitrogens with zero attached hydrogens (tertiary/aromatic N) is 1. The van der Waals surface area contributed by atoms with E-state index in [4.69, 9.17) is 11.6 Å². The number of aromatic nitrogens is 1. The van der Waals surface area contributed by atoms with Crippen molar-refractivity contribution >= 4 is 60.7 Å². The Morgan fingerprint density at radius 2 is 1.66 bits per heavy atom. The number of carbonyl (C=O) groups is 2. The van der Waals surface area contributed by atoms with E-state index in [9.17, 15) is 18.0 Å². The lowest BCUT2D eigenvalue weighted by molar-refractivity contribution is 0.102. The first kappa shape index (κ1) is 27.4. The van der Waals surface area contributed by atoms with Crippen LogP contribution in [0.2, 0.25) is 5.02 Å². The Kier molecular flexibility index (Phi) is 7.96. The number of rotatable bonds is 6. The predicted molar refractivity (Wildman–Crippen MR) is 149 cm³/mol. The molecule has 0 unspecified atom stereocenters. The van der Waals surface area contributed by atoms with Crippen LogP contribution in [0.3, 0.4) is 0 Å². The molecule has 194 valence electrons. The standard InChI is InChI=1S/C27H20BrClFN3O4S/c1-15-11-18(29)13-21(27(35)32-24-10-8-17(28)14-31-24)25(15)33-26(34)20-9-7-16(12-22(20)30)19-5-3-4-6-23(19)38(2,36)37/h3-14H,1-2H3,(H,33,34)(H,31,32,35). The molecule has 2 amide bonds. The van der Waals surface area contributed by atoms with E-state index in [2.05, 4.69) is 31.5 Å². The molecule has 0 saturated carbocycles. The minimum absolute atomic E-state index is 0.0457. The highest BCUT2D eigenvalue weighted by molar-refractivity contribution is 9.10. The molecule has 0 atom stereocenters. The van der Waals surface area contributed by atoms with Crippen molar-refractivity contribution in [3.05, 3.63) is 105 Å². The van der Waals surface area contributed by atoms with Crippen molar-refractivity contribution in [2.75, 3.05) is 16.9 Å². The summed E-state index contributed by atoms with van der Waals surface area (Å²) in [5, 5.41) is 5.53. The number of hydrogen-bond acceptors (Lipinski definition) is 5. The van der Waals surface area contributed by atoms with Crippen LogP contribution in [-0.4, -0.2) is 31.5 Å². The summed E-state index contributed by atoms with van der Waals surface area (Å²) in [7, 11) is -3.56. The van der Waals surface area contributed by atoms with Crippen molar-refractivity contribution in [3.8, 4) is 11.1 Å². The van der Waals surface area contributed by atoms with Gasteiger partial charge in [-0.1, -0.05) is 35.9 Å². The molecule has 0 spiro atoms. The number of benzene rings is 3. The summed E-state index contributed by atoms with van der Waals surface area (Å²) in [6.07, 6.45) is 2.58. The normalized spacial score (nSPS) is 11.2. The van der Waals surface area contributed by atoms with E-state index in [0.29, 0.717) is 16.7 Å². The van der Waals surface area contributed by atoms with Crippen molar-refractivity contribution in [3.63, 3.8) is 0 Å². The minimum atomic E-state index is -3.56. The van der Waals surface area contributed by atoms with Crippen LogP contribution in [0.1, 0.15) is 26.3 Å². The van der Waals surface area contributed by atoms with E-state index < -0.39 is 27.5 Å². The average molecular weight is 617 g/mol. The monoisotopic (exact) mass is 615 g/mol. The molecule has 0 aliphatic heterocycles. The fraction of sp³-hybridized carbons (Fsp3) is 0.0741. The molecule has 4 aromatic rings. The van der Waals surface area contributed by atoms with Gasteiger partial charge in [0.1, 0.15) is 11.6 Å². The summed E-state index contributed by atoms with van der Waals surface area (Å²) in [5.74, 6) is -1.95. The van der Waals surface area contributed by atoms with Crippen molar-refractivity contribution in [2.24, 2.45) is 0 Å². The fourth-order valence-corrected chi connectivity index (χ4v) is 5.22. The third-order valence-electron chi connectivity index (χ3n) is 5.56. The molecule has 0 radical (unpaired) electrons. The minimum Gasteiger partial charge on any atom is -0.321 e. The molecule has 11 heteroatoms. The van der Waals surface area contributed by atoms with Crippen LogP contribution in [0.5, 0.6) is 0 Å². The maximum Gasteiger partial charge on any atom is 0.258 e. The Morgan fingerprint density at radius 1 is 0.947 bits per heavy atom. The summed E-state index contributed by atoms with van der Waals surface area (Å²) >= 11 is 9.45. The summed E-state index contributed by atoms with van der Waals surface area (Å²) < 4.78 is 40.2. The number of amides is 2. The number of carbonyl (C=O) groups excluding carboxylic acids is 2. The van der Waals surface area contributed by atoms with E-state index >= 15 is 4.39 Å². The van der Waals surface area contributed by atoms with Gasteiger partial charge in [-0.2, -0.15) is 0 Å². The number of sulfone groups is 1. The molecule has 38 heavy (non-hydrogen) atoms. The lowest BCUT2D eigenvalue weighted by Crippen LogP contribution is -2.20. The Balaban J connectivity index is 1.65. The summed E-state index contributed by atoms with van der Waals surface area (Å²) in [4.78, 5) is 30.3. The quantitative estimate of drug-likeness (QED) is 0.257. The molecule has 1 heterocycles. The summed E-state index contributed by atoms with van der Waals surface area (Å²) in [6.45, 7) is 1.65. The van der Waals surface area contributed by atoms with Gasteiger partial charge in [-0.3, -0.25) is 9.59 Å². The van der Waals surface area contributed by atoms with Crippen LogP contribution < -0.4 is 10.6 Å². The van der Waals surface area contributed by atoms with E-state index in [1.54, 1.807) is 43.3 Å². The highest BCUT2D eigenvalue weighted by Crippen LogP contribution is 2.30. The highest BCUT2D eigenvalue weighted by atomic mass is 79.9. The topological polar surface area (TPSA) is 105 Å². The second kappa shape index (κ2) is 11.0. The zero-order chi connectivity index (χ0) is 27.6. The van der Waals surface area contributed by atoms with Crippen LogP contribution >= 0.6 is 27.5 Å². The molecule has 1 aromatic heterocycles. The third-order valence-corrected chi connectivity index (χ3v) is 7.41. The molecule has 0 bridgehead atoms. The van der Waals surface area contributed by atoms with Gasteiger partial charge in [0.25, 0.3) is 11.8 Å². The van der Waals surface area contributed by atoms with Gasteiger partial charge >= 0.3 is 0 Å². The molecule has 0 aliphatic carbocycles. The van der Waals surface area contributed by atoms with Gasteiger partial charge in [0.2, 0.25) is 0 Å². The molecule has 0 fully saturated rings. The van der Waals surface area contributed by atoms with E-state index in [1.807, 2.05) is 0 Å². The summed E-state index contributed by atoms with van der Waals surface area (Å²) in [5.41, 5.74) is 1.02. The van der Waals surface area contributed by atoms with Crippen LogP contribution in [-0.2, 0) is 9.84 Å². The van der Waals surface area contributed by atoms with Crippen LogP contribution in [0.25, 0.3) is 11.1 Å². The van der Waals surface area contributed by atoms with Gasteiger partial charge in [-0.25, -0.2) is 17.8 Å². The predicted octanol–water partition coefficient (Wildman–Crippen LogP) is 6.52. The second-order valence-corrected chi connectivity index (χ2v) is 11.7. The molecule has 2 N–H and O–H groups in total. The Morgan fingerprint density at radius 3 is 2.32 bits per heavy atom. The first-order chi connectivity index (χ1) is 17.9. The molecule has 0 saturated heterocycles. The summed E-state index contributed by atoms with van der Waals surface area (Å²) in [6, 6.07) is 16.3. The van der Waals surface area contributed by atoms with Crippen molar-refractivity contribution in [1.29, 1.82) is 0 Å². The maximum absolute atomic E-state index is 15.1. The lowest BCUT2D eigenvalue weighted by Gasteiger charge is -2.15. The number of hydrogen-bond donors (Lipinski definition) is 2. The van der Waals surface area contributed by atoms with Crippen molar-refractivity contribution < 1.29 is 22.4 Å². The number of halogens is 3. The van der Waals surface area contributed by atoms with Crippen LogP contribution in [0.15, 0.2) is 82.3 Å². The van der Waals surface area contributed by atoms with Crippen molar-refractivity contribution in [1.82, 2.24) is 4.98 Å². The van der Waals surface area contributed by atoms with Crippen LogP contribution in [0, 0.1) is 12.7 Å². The van der Waals surface area contributed by atoms with E-state index in [0.717, 1.165) is 16.8 Å². The third kappa shape index (κ3) is 6.09. The smallest absolute Gasteiger partial charge is 0.258 e. The largest absolute Gasteiger partial charge is 0.321 e. The highest BCUT2D eigenvalue weighted by Gasteiger charge is 2.21. The second-order valence-electron chi connectivity index (χ2n) is 8.38. The Labute approximate surface area is 232 Å². The fourth-order valence-electron chi connectivity index (χ4n) is 3.80. The number of anilines is 2. The van der Waals surface area contributed by atoms with E-state index in [1.165, 1.54) is 30.5 Å². The number of nitrogens with one attached hydrogen (secondary N) is 2. The van der Waals surface area contributed by atoms with Gasteiger partial charge < -0.3 is 10.6 Å². The number of pyridine rings is 1. The van der Waals surface area contributed by atoms with Gasteiger partial charge in [0.15, 0.2) is 9.84 Å². The molecule has 7 nitrogen and oxygen atoms in total. The Bertz CT molecular complexity index is 1680. The van der Waals surface area contributed by atoms with Gasteiger partial charge in [-0.05, 0) is 76.4 Å². The molecule has 3 aromatic carbocycles. The molecule has 4 rings (SSSR count). The molecule has 0 aliphatic rings. The lowest BCUT2D eigenvalue weighted by atomic mass is 10.0. The number of aryl methyl sites for hydroxylation is 1. The zero-order valence-corrected chi connectivity index (χ0v) is 23.2. The maximum atomic E-state index is 15.1. The van der Waals surface area contributed by atoms with Gasteiger partial charge in [-0.15, -0.1) is 0 Å². The SMILES string of the molecule is Cc1cc(Cl)cc(C(=O)Nc2ccc(Br)cn2)c1NC(=O)c1ccc(-c2ccccc2S(C)(=O)=O)cc1F. The molecular formula is C27H20BrClFN3O4S. The van der Waals surface area contributed by atoms with Gasteiger partial charge in [0, 0.05) is 27.5 Å². The van der Waals surface area contributed by atoms with Crippen LogP contribution in [0.4, 0.5) is 15.9 Å². The van der Waals surface area contributed by atoms with E-state index in [-0.39, 0.29) is 32.6 Å². The zero-order valence-electron chi connectivity index (χ0n) is 20.1. The van der Waals surface area contributed by atoms with Gasteiger partial charge in [0.05, 0.1) is 21.7 Å². The Hall–Kier alpha value is -3.60.